The van der Waals surface area contributed by atoms with Crippen LogP contribution in [0.4, 0.5) is 0 Å². The summed E-state index contributed by atoms with van der Waals surface area (Å²) in [5.41, 5.74) is 0. The van der Waals surface area contributed by atoms with E-state index in [1.165, 1.54) is 0 Å². The summed E-state index contributed by atoms with van der Waals surface area (Å²) in [6.45, 7) is 0. The molecule has 0 rings (SSSR count). The first-order valence-corrected chi connectivity index (χ1v) is 0. The Morgan fingerprint density at radius 1 is 0.429 bits per heavy atom. The van der Waals surface area contributed by atoms with Crippen LogP contribution in [0.2, 0.25) is 0 Å². The monoisotopic (exact) mass is 121 g/mol. The van der Waals surface area contributed by atoms with Gasteiger partial charge in [0.15, 0.2) is 0 Å². The molecule has 0 amide bonds. The molecule has 48 valence electrons. The Morgan fingerprint density at radius 3 is 0.429 bits per heavy atom. The van der Waals surface area contributed by atoms with Gasteiger partial charge in [0.05, 0.1) is 0 Å². The van der Waals surface area contributed by atoms with Gasteiger partial charge in [0.2, 0.25) is 0 Å². The molecule has 0 aromatic carbocycles. The van der Waals surface area contributed by atoms with Crippen molar-refractivity contribution in [1.82, 2.24) is 12.3 Å². The number of quaternary nitrogens is 2. The zero-order valence-electron chi connectivity index (χ0n) is 4.22. The molecule has 0 saturated carbocycles. The fraction of sp³-hybridized carbons (Fsp3) is 0. The van der Waals surface area contributed by atoms with E-state index in [0.29, 0.717) is 0 Å². The molecule has 0 aliphatic carbocycles. The Kier molecular flexibility index (Phi) is 3300000. The van der Waals surface area contributed by atoms with Gasteiger partial charge >= 0.3 is 10.1 Å². The van der Waals surface area contributed by atoms with Gasteiger partial charge in [-0.2, -0.15) is 0 Å². The fourth-order valence-electron chi connectivity index (χ4n) is 0. The van der Waals surface area contributed by atoms with E-state index in [2.05, 4.69) is 0 Å². The molecule has 8 N–H and O–H groups in total. The molecule has 0 unspecified atom stereocenters. The molecule has 0 radical (unpaired) electrons. The average molecular weight is 121 g/mol. The quantitative estimate of drug-likeness (QED) is 0.236. The van der Waals surface area contributed by atoms with Crippen LogP contribution >= 0.6 is 0 Å². The third-order valence-electron chi connectivity index (χ3n) is 0. The van der Waals surface area contributed by atoms with Crippen molar-refractivity contribution in [2.45, 2.75) is 0 Å². The van der Waals surface area contributed by atoms with Gasteiger partial charge in [-0.3, -0.25) is 0 Å². The smallest absolute Gasteiger partial charge is 1.00 e. The number of hydrogen-bond donors (Lipinski definition) is 2. The summed E-state index contributed by atoms with van der Waals surface area (Å²) in [5, 5.41) is 0. The molecule has 0 aliphatic rings. The minimum Gasteiger partial charge on any atom is -1.00 e. The van der Waals surface area contributed by atoms with Crippen molar-refractivity contribution in [3.63, 3.8) is 0 Å². The third kappa shape index (κ3) is 2310. The van der Waals surface area contributed by atoms with Gasteiger partial charge in [0.1, 0.15) is 0 Å². The second-order valence-corrected chi connectivity index (χ2v) is 0. The molecule has 7 heavy (non-hydrogen) atoms. The van der Waals surface area contributed by atoms with Gasteiger partial charge in [-0.25, -0.2) is 0 Å². The molecule has 0 fully saturated rings. The maximum Gasteiger partial charge on any atom is 2.00 e. The summed E-state index contributed by atoms with van der Waals surface area (Å²) in [6, 6.07) is 0. The predicted octanol–water partition coefficient (Wildman–Crippen LogP) is -11.6. The minimum atomic E-state index is 0. The van der Waals surface area contributed by atoms with Crippen molar-refractivity contribution in [3.8, 4) is 0 Å². The van der Waals surface area contributed by atoms with E-state index < -0.39 is 0 Å². The zero-order chi connectivity index (χ0) is 0. The van der Waals surface area contributed by atoms with Crippen molar-refractivity contribution in [2.24, 2.45) is 0 Å². The van der Waals surface area contributed by atoms with Crippen LogP contribution in [0.1, 0.15) is 0 Å². The molecule has 2 nitrogen and oxygen atoms in total. The first kappa shape index (κ1) is 6290. The SMILES string of the molecule is [Be+2].[F-].[F-].[F-].[F-].[NH4+].[NH4+]. The van der Waals surface area contributed by atoms with Gasteiger partial charge < -0.3 is 31.1 Å². The van der Waals surface area contributed by atoms with Crippen LogP contribution in [0.5, 0.6) is 0 Å². The van der Waals surface area contributed by atoms with Crippen LogP contribution in [-0.2, 0) is 0 Å². The molecule has 0 aliphatic heterocycles. The maximum atomic E-state index is 0. The first-order valence-electron chi connectivity index (χ1n) is 0. The second-order valence-electron chi connectivity index (χ2n) is 0. The van der Waals surface area contributed by atoms with Gasteiger partial charge in [0.25, 0.3) is 0 Å². The Bertz CT molecular complexity index is 9.65. The normalized spacial score (nSPS) is 0. The topological polar surface area (TPSA) is 73.0 Å². The Hall–Kier alpha value is -0.191. The van der Waals surface area contributed by atoms with Crippen LogP contribution in [0.3, 0.4) is 0 Å². The Balaban J connectivity index is 0. The van der Waals surface area contributed by atoms with Crippen molar-refractivity contribution < 1.29 is 18.8 Å². The minimum absolute atomic E-state index is 0. The van der Waals surface area contributed by atoms with E-state index in [1.807, 2.05) is 0 Å². The molecule has 0 bridgehead atoms. The van der Waals surface area contributed by atoms with E-state index in [-0.39, 0.29) is 41.2 Å². The Morgan fingerprint density at radius 2 is 0.429 bits per heavy atom. The van der Waals surface area contributed by atoms with E-state index in [1.54, 1.807) is 0 Å². The largest absolute Gasteiger partial charge is 2.00 e. The third-order valence-corrected chi connectivity index (χ3v) is 0. The summed E-state index contributed by atoms with van der Waals surface area (Å²) in [7, 11) is 0. The summed E-state index contributed by atoms with van der Waals surface area (Å²) < 4.78 is 0. The molecule has 7 heteroatoms. The van der Waals surface area contributed by atoms with Gasteiger partial charge in [-0.15, -0.1) is 0 Å². The van der Waals surface area contributed by atoms with Crippen molar-refractivity contribution in [3.05, 3.63) is 0 Å². The molecule has 0 heterocycles. The summed E-state index contributed by atoms with van der Waals surface area (Å²) in [5.74, 6) is 0. The van der Waals surface area contributed by atoms with Crippen LogP contribution < -0.4 is 31.1 Å². The van der Waals surface area contributed by atoms with Gasteiger partial charge in [-0.05, 0) is 0 Å². The van der Waals surface area contributed by atoms with Crippen LogP contribution in [0.25, 0.3) is 0 Å². The molecule has 0 atom stereocenters. The number of rotatable bonds is 0. The van der Waals surface area contributed by atoms with E-state index in [0.717, 1.165) is 0 Å². The molecule has 0 saturated heterocycles. The maximum absolute atomic E-state index is 0. The summed E-state index contributed by atoms with van der Waals surface area (Å²) >= 11 is 0. The molecule has 0 aromatic heterocycles. The fourth-order valence-corrected chi connectivity index (χ4v) is 0. The molecule has 0 aromatic rings. The van der Waals surface area contributed by atoms with Crippen LogP contribution in [-0.4, -0.2) is 10.1 Å². The van der Waals surface area contributed by atoms with E-state index >= 15 is 0 Å². The van der Waals surface area contributed by atoms with Gasteiger partial charge in [-0.1, -0.05) is 0 Å². The molecule has 0 spiro atoms. The van der Waals surface area contributed by atoms with Crippen molar-refractivity contribution in [1.29, 1.82) is 0 Å². The Labute approximate surface area is 42.5 Å². The van der Waals surface area contributed by atoms with Crippen LogP contribution in [0, 0.1) is 0 Å². The standard InChI is InChI=1S/Be.4FH.2H3N/h;4*1H;2*1H3/q+2;;;;;;/p-2. The number of hydrogen-bond acceptors (Lipinski definition) is 0. The first-order chi connectivity index (χ1) is 0. The van der Waals surface area contributed by atoms with E-state index in [9.17, 15) is 0 Å². The van der Waals surface area contributed by atoms with Crippen LogP contribution in [0.15, 0.2) is 0 Å². The molecular weight excluding hydrogens is 113 g/mol. The second kappa shape index (κ2) is 3680. The summed E-state index contributed by atoms with van der Waals surface area (Å²) in [6.07, 6.45) is 0. The average Bonchev–Trinajstić information content (AvgIpc) is 0. The van der Waals surface area contributed by atoms with E-state index in [4.69, 9.17) is 0 Å². The number of halogens is 4. The predicted molar refractivity (Wildman–Crippen MR) is 17.7 cm³/mol. The van der Waals surface area contributed by atoms with Gasteiger partial charge in [0, 0.05) is 0 Å². The van der Waals surface area contributed by atoms with Crippen molar-refractivity contribution >= 4 is 10.1 Å². The van der Waals surface area contributed by atoms with Crippen molar-refractivity contribution in [2.75, 3.05) is 0 Å². The molecular formula is H8BeF4N2. The summed E-state index contributed by atoms with van der Waals surface area (Å²) in [4.78, 5) is 0. The zero-order valence-corrected chi connectivity index (χ0v) is 4.22.